The van der Waals surface area contributed by atoms with E-state index in [1.165, 1.54) is 24.3 Å². The highest BCUT2D eigenvalue weighted by Crippen LogP contribution is 2.22. The van der Waals surface area contributed by atoms with Gasteiger partial charge in [-0.25, -0.2) is 26.8 Å². The van der Waals surface area contributed by atoms with Crippen LogP contribution < -0.4 is 25.8 Å². The van der Waals surface area contributed by atoms with E-state index in [1.807, 2.05) is 0 Å². The fourth-order valence-electron chi connectivity index (χ4n) is 2.17. The number of aromatic nitrogens is 2. The molecule has 3 amide bonds. The Labute approximate surface area is 204 Å². The fraction of sp³-hybridized carbons (Fsp3) is 0.353. The van der Waals surface area contributed by atoms with Crippen molar-refractivity contribution in [1.29, 1.82) is 0 Å². The summed E-state index contributed by atoms with van der Waals surface area (Å²) < 4.78 is 53.8. The van der Waals surface area contributed by atoms with Crippen molar-refractivity contribution in [3.63, 3.8) is 0 Å². The van der Waals surface area contributed by atoms with Crippen LogP contribution in [0.5, 0.6) is 0 Å². The molecule has 0 fully saturated rings. The summed E-state index contributed by atoms with van der Waals surface area (Å²) in [5.74, 6) is -1.23. The highest BCUT2D eigenvalue weighted by molar-refractivity contribution is 7.93. The molecule has 15 nitrogen and oxygen atoms in total. The zero-order valence-electron chi connectivity index (χ0n) is 18.7. The quantitative estimate of drug-likeness (QED) is 0.271. The van der Waals surface area contributed by atoms with Crippen molar-refractivity contribution in [2.24, 2.45) is 5.14 Å². The molecule has 192 valence electrons. The summed E-state index contributed by atoms with van der Waals surface area (Å²) in [5, 5.41) is 18.3. The number of alkyl carbamates (subject to hydrolysis) is 1. The second-order valence-corrected chi connectivity index (χ2v) is 12.1. The number of anilines is 2. The number of hydrogen-bond acceptors (Lipinski definition) is 11. The molecule has 0 aliphatic rings. The van der Waals surface area contributed by atoms with E-state index < -0.39 is 61.0 Å². The van der Waals surface area contributed by atoms with Crippen molar-refractivity contribution in [1.82, 2.24) is 20.8 Å². The minimum atomic E-state index is -4.13. The number of benzene rings is 1. The minimum absolute atomic E-state index is 0.204. The van der Waals surface area contributed by atoms with E-state index in [-0.39, 0.29) is 15.7 Å². The lowest BCUT2D eigenvalue weighted by molar-refractivity contribution is -0.123. The first kappa shape index (κ1) is 27.9. The average molecular weight is 550 g/mol. The summed E-state index contributed by atoms with van der Waals surface area (Å²) in [6.07, 6.45) is -0.780. The first-order chi connectivity index (χ1) is 16.0. The van der Waals surface area contributed by atoms with Crippen molar-refractivity contribution in [3.05, 3.63) is 24.3 Å². The molecule has 0 aliphatic heterocycles. The Bertz CT molecular complexity index is 1300. The zero-order valence-corrected chi connectivity index (χ0v) is 21.1. The monoisotopic (exact) mass is 549 g/mol. The Hall–Kier alpha value is -3.35. The number of carbonyl (C=O) groups excluding carboxylic acids is 3. The van der Waals surface area contributed by atoms with E-state index in [9.17, 15) is 31.2 Å². The number of nitrogens with one attached hydrogen (secondary N) is 4. The van der Waals surface area contributed by atoms with Crippen LogP contribution in [0.4, 0.5) is 15.6 Å². The van der Waals surface area contributed by atoms with Gasteiger partial charge in [-0.2, -0.15) is 0 Å². The summed E-state index contributed by atoms with van der Waals surface area (Å²) in [6.45, 7) is 4.20. The van der Waals surface area contributed by atoms with Gasteiger partial charge in [0.25, 0.3) is 20.0 Å². The predicted molar refractivity (Wildman–Crippen MR) is 124 cm³/mol. The maximum Gasteiger partial charge on any atom is 0.408 e. The Kier molecular flexibility index (Phi) is 8.71. The largest absolute Gasteiger partial charge is 0.444 e. The van der Waals surface area contributed by atoms with Gasteiger partial charge in [0.1, 0.15) is 12.1 Å². The molecule has 1 aromatic heterocycles. The number of nitrogens with zero attached hydrogens (tertiary/aromatic N) is 2. The molecule has 0 aliphatic carbocycles. The van der Waals surface area contributed by atoms with Crippen LogP contribution in [0.1, 0.15) is 20.8 Å². The maximum atomic E-state index is 12.4. The second-order valence-electron chi connectivity index (χ2n) is 7.73. The summed E-state index contributed by atoms with van der Waals surface area (Å²) in [5.41, 5.74) is -0.483. The molecule has 0 atom stereocenters. The van der Waals surface area contributed by atoms with Gasteiger partial charge in [0.05, 0.1) is 11.4 Å². The summed E-state index contributed by atoms with van der Waals surface area (Å²) in [7, 11) is -8.25. The van der Waals surface area contributed by atoms with Gasteiger partial charge in [-0.05, 0) is 45.0 Å². The smallest absolute Gasteiger partial charge is 0.408 e. The molecular formula is C17H23N7O8S3. The number of amides is 3. The summed E-state index contributed by atoms with van der Waals surface area (Å²) >= 11 is 0.441. The molecule has 0 radical (unpaired) electrons. The van der Waals surface area contributed by atoms with Gasteiger partial charge in [-0.15, -0.1) is 10.2 Å². The number of rotatable bonds is 9. The van der Waals surface area contributed by atoms with Crippen molar-refractivity contribution in [2.45, 2.75) is 35.6 Å². The molecule has 1 aromatic carbocycles. The molecule has 0 saturated heterocycles. The zero-order chi connectivity index (χ0) is 26.4. The van der Waals surface area contributed by atoms with E-state index in [2.05, 4.69) is 30.9 Å². The third-order valence-electron chi connectivity index (χ3n) is 3.56. The highest BCUT2D eigenvalue weighted by Gasteiger charge is 2.21. The number of primary sulfonamides is 1. The van der Waals surface area contributed by atoms with Crippen LogP contribution in [0.2, 0.25) is 0 Å². The van der Waals surface area contributed by atoms with Crippen LogP contribution in [-0.2, 0) is 34.4 Å². The van der Waals surface area contributed by atoms with Crippen molar-refractivity contribution < 1.29 is 36.0 Å². The third-order valence-corrected chi connectivity index (χ3v) is 7.19. The molecule has 1 heterocycles. The topological polar surface area (TPSA) is 229 Å². The molecule has 6 N–H and O–H groups in total. The second kappa shape index (κ2) is 10.9. The molecular weight excluding hydrogens is 526 g/mol. The summed E-state index contributed by atoms with van der Waals surface area (Å²) in [4.78, 5) is 35.1. The molecule has 0 unspecified atom stereocenters. The van der Waals surface area contributed by atoms with Crippen molar-refractivity contribution in [2.75, 3.05) is 23.1 Å². The van der Waals surface area contributed by atoms with Gasteiger partial charge in [0.15, 0.2) is 0 Å². The number of hydrogen-bond donors (Lipinski definition) is 5. The molecule has 0 spiro atoms. The van der Waals surface area contributed by atoms with Crippen LogP contribution in [0.15, 0.2) is 33.5 Å². The predicted octanol–water partition coefficient (Wildman–Crippen LogP) is -0.434. The molecule has 18 heteroatoms. The van der Waals surface area contributed by atoms with Crippen LogP contribution >= 0.6 is 11.3 Å². The van der Waals surface area contributed by atoms with Crippen molar-refractivity contribution in [3.8, 4) is 0 Å². The third kappa shape index (κ3) is 9.43. The van der Waals surface area contributed by atoms with Crippen LogP contribution in [0, 0.1) is 0 Å². The van der Waals surface area contributed by atoms with E-state index in [0.717, 1.165) is 0 Å². The maximum absolute atomic E-state index is 12.4. The van der Waals surface area contributed by atoms with E-state index in [0.29, 0.717) is 11.3 Å². The van der Waals surface area contributed by atoms with E-state index in [1.54, 1.807) is 20.8 Å². The Morgan fingerprint density at radius 2 is 1.57 bits per heavy atom. The normalized spacial score (nSPS) is 11.9. The van der Waals surface area contributed by atoms with Crippen LogP contribution in [0.25, 0.3) is 0 Å². The Morgan fingerprint density at radius 1 is 0.971 bits per heavy atom. The number of nitrogens with two attached hydrogens (primary N) is 1. The molecule has 0 saturated carbocycles. The number of carbonyl (C=O) groups is 3. The standard InChI is InChI=1S/C17H23N7O8S3/c1-17(2,3)32-15(27)20-8-12(25)19-9-13(26)21-10-4-6-11(7-5-10)35(30,31)24-14-22-23-16(33-14)34(18,28)29/h4-7H,8-9H2,1-3H3,(H,19,25)(H,20,27)(H,21,26)(H,22,24)(H2,18,28,29). The summed E-state index contributed by atoms with van der Waals surface area (Å²) in [6, 6.07) is 4.97. The van der Waals surface area contributed by atoms with Crippen molar-refractivity contribution >= 4 is 60.1 Å². The Balaban J connectivity index is 1.85. The van der Waals surface area contributed by atoms with Crippen LogP contribution in [0.3, 0.4) is 0 Å². The van der Waals surface area contributed by atoms with Gasteiger partial charge in [-0.3, -0.25) is 14.3 Å². The fourth-order valence-corrected chi connectivity index (χ4v) is 4.73. The lowest BCUT2D eigenvalue weighted by Gasteiger charge is -2.19. The SMILES string of the molecule is CC(C)(C)OC(=O)NCC(=O)NCC(=O)Nc1ccc(S(=O)(=O)Nc2nnc(S(N)(=O)=O)s2)cc1. The number of ether oxygens (including phenoxy) is 1. The van der Waals surface area contributed by atoms with Gasteiger partial charge >= 0.3 is 6.09 Å². The van der Waals surface area contributed by atoms with Gasteiger partial charge < -0.3 is 20.7 Å². The lowest BCUT2D eigenvalue weighted by Crippen LogP contribution is -2.41. The van der Waals surface area contributed by atoms with Gasteiger partial charge in [-0.1, -0.05) is 11.3 Å². The number of sulfonamides is 2. The van der Waals surface area contributed by atoms with E-state index in [4.69, 9.17) is 9.88 Å². The molecule has 35 heavy (non-hydrogen) atoms. The first-order valence-corrected chi connectivity index (χ1v) is 13.4. The first-order valence-electron chi connectivity index (χ1n) is 9.58. The van der Waals surface area contributed by atoms with Crippen LogP contribution in [-0.4, -0.2) is 63.6 Å². The average Bonchev–Trinajstić information content (AvgIpc) is 3.18. The molecule has 0 bridgehead atoms. The van der Waals surface area contributed by atoms with E-state index >= 15 is 0 Å². The molecule has 2 aromatic rings. The molecule has 2 rings (SSSR count). The minimum Gasteiger partial charge on any atom is -0.444 e. The van der Waals surface area contributed by atoms with Gasteiger partial charge in [0, 0.05) is 5.69 Å². The highest BCUT2D eigenvalue weighted by atomic mass is 32.2. The van der Waals surface area contributed by atoms with Gasteiger partial charge in [0.2, 0.25) is 21.3 Å². The Morgan fingerprint density at radius 3 is 2.11 bits per heavy atom. The lowest BCUT2D eigenvalue weighted by atomic mass is 10.2.